The van der Waals surface area contributed by atoms with Gasteiger partial charge in [-0.05, 0) is 19.4 Å². The Hall–Kier alpha value is -1.12. The number of hydrogen-bond donors (Lipinski definition) is 0. The van der Waals surface area contributed by atoms with Crippen molar-refractivity contribution in [1.29, 1.82) is 0 Å². The van der Waals surface area contributed by atoms with Gasteiger partial charge in [-0.25, -0.2) is 4.68 Å². The van der Waals surface area contributed by atoms with Gasteiger partial charge >= 0.3 is 0 Å². The van der Waals surface area contributed by atoms with Crippen molar-refractivity contribution in [2.75, 3.05) is 0 Å². The van der Waals surface area contributed by atoms with E-state index in [9.17, 15) is 4.79 Å². The molecule has 0 fully saturated rings. The molecule has 0 unspecified atom stereocenters. The van der Waals surface area contributed by atoms with Crippen molar-refractivity contribution in [2.45, 2.75) is 26.7 Å². The monoisotopic (exact) mass is 166 g/mol. The average Bonchev–Trinajstić information content (AvgIpc) is 2.00. The van der Waals surface area contributed by atoms with E-state index in [1.807, 2.05) is 13.0 Å². The lowest BCUT2D eigenvalue weighted by Crippen LogP contribution is -2.23. The molecule has 0 bridgehead atoms. The molecule has 0 aliphatic carbocycles. The van der Waals surface area contributed by atoms with E-state index in [0.717, 1.165) is 24.1 Å². The van der Waals surface area contributed by atoms with Crippen molar-refractivity contribution in [3.05, 3.63) is 27.7 Å². The minimum Gasteiger partial charge on any atom is -0.268 e. The average molecular weight is 166 g/mol. The van der Waals surface area contributed by atoms with E-state index in [1.54, 1.807) is 7.05 Å². The van der Waals surface area contributed by atoms with Gasteiger partial charge in [0.2, 0.25) is 0 Å². The van der Waals surface area contributed by atoms with Crippen LogP contribution in [0.1, 0.15) is 24.6 Å². The summed E-state index contributed by atoms with van der Waals surface area (Å²) in [5, 5.41) is 4.02. The standard InChI is InChI=1S/C9H14N2O/c1-4-5-8-6-7(2)10-11(3)9(8)12/h6H,4-5H2,1-3H3. The van der Waals surface area contributed by atoms with E-state index in [4.69, 9.17) is 0 Å². The van der Waals surface area contributed by atoms with Crippen LogP contribution in [0.15, 0.2) is 10.9 Å². The molecule has 0 aromatic carbocycles. The van der Waals surface area contributed by atoms with Gasteiger partial charge in [0.25, 0.3) is 5.56 Å². The fourth-order valence-corrected chi connectivity index (χ4v) is 1.28. The Morgan fingerprint density at radius 3 is 2.83 bits per heavy atom. The van der Waals surface area contributed by atoms with Gasteiger partial charge in [0.1, 0.15) is 0 Å². The van der Waals surface area contributed by atoms with Crippen molar-refractivity contribution in [1.82, 2.24) is 9.78 Å². The minimum atomic E-state index is 0.0300. The molecule has 66 valence electrons. The third-order valence-electron chi connectivity index (χ3n) is 1.78. The first-order chi connectivity index (χ1) is 5.65. The highest BCUT2D eigenvalue weighted by Gasteiger charge is 2.01. The van der Waals surface area contributed by atoms with Crippen molar-refractivity contribution in [3.63, 3.8) is 0 Å². The fraction of sp³-hybridized carbons (Fsp3) is 0.556. The molecule has 1 heterocycles. The van der Waals surface area contributed by atoms with Crippen LogP contribution in [0.2, 0.25) is 0 Å². The summed E-state index contributed by atoms with van der Waals surface area (Å²) in [6.45, 7) is 3.97. The Morgan fingerprint density at radius 1 is 1.58 bits per heavy atom. The molecule has 0 aliphatic heterocycles. The predicted molar refractivity (Wildman–Crippen MR) is 48.2 cm³/mol. The second-order valence-corrected chi connectivity index (χ2v) is 2.99. The SMILES string of the molecule is CCCc1cc(C)nn(C)c1=O. The van der Waals surface area contributed by atoms with Crippen molar-refractivity contribution in [2.24, 2.45) is 7.05 Å². The van der Waals surface area contributed by atoms with Gasteiger partial charge in [-0.15, -0.1) is 0 Å². The Kier molecular flexibility index (Phi) is 2.63. The lowest BCUT2D eigenvalue weighted by atomic mass is 10.1. The van der Waals surface area contributed by atoms with Crippen LogP contribution in [-0.4, -0.2) is 9.78 Å². The molecule has 1 aromatic rings. The van der Waals surface area contributed by atoms with Gasteiger partial charge in [-0.2, -0.15) is 5.10 Å². The van der Waals surface area contributed by atoms with Crippen LogP contribution >= 0.6 is 0 Å². The molecule has 1 rings (SSSR count). The maximum absolute atomic E-state index is 11.4. The molecule has 0 saturated heterocycles. The van der Waals surface area contributed by atoms with Crippen LogP contribution in [0.5, 0.6) is 0 Å². The largest absolute Gasteiger partial charge is 0.269 e. The predicted octanol–water partition coefficient (Wildman–Crippen LogP) is 1.04. The summed E-state index contributed by atoms with van der Waals surface area (Å²) in [5.74, 6) is 0. The molecule has 0 spiro atoms. The van der Waals surface area contributed by atoms with E-state index in [2.05, 4.69) is 12.0 Å². The highest BCUT2D eigenvalue weighted by Crippen LogP contribution is 1.97. The van der Waals surface area contributed by atoms with Gasteiger partial charge in [-0.3, -0.25) is 4.79 Å². The zero-order valence-corrected chi connectivity index (χ0v) is 7.79. The minimum absolute atomic E-state index is 0.0300. The van der Waals surface area contributed by atoms with E-state index in [1.165, 1.54) is 4.68 Å². The number of hydrogen-bond acceptors (Lipinski definition) is 2. The Bertz CT molecular complexity index is 328. The summed E-state index contributed by atoms with van der Waals surface area (Å²) in [6.07, 6.45) is 1.84. The van der Waals surface area contributed by atoms with Crippen LogP contribution < -0.4 is 5.56 Å². The maximum Gasteiger partial charge on any atom is 0.269 e. The zero-order chi connectivity index (χ0) is 9.14. The molecule has 3 nitrogen and oxygen atoms in total. The molecule has 0 saturated carbocycles. The number of nitrogens with zero attached hydrogens (tertiary/aromatic N) is 2. The van der Waals surface area contributed by atoms with Crippen molar-refractivity contribution < 1.29 is 0 Å². The smallest absolute Gasteiger partial charge is 0.268 e. The summed E-state index contributed by atoms with van der Waals surface area (Å²) in [4.78, 5) is 11.4. The normalized spacial score (nSPS) is 10.2. The molecule has 0 amide bonds. The first-order valence-electron chi connectivity index (χ1n) is 4.19. The molecule has 3 heteroatoms. The molecule has 12 heavy (non-hydrogen) atoms. The second kappa shape index (κ2) is 3.52. The first kappa shape index (κ1) is 8.97. The number of aromatic nitrogens is 2. The second-order valence-electron chi connectivity index (χ2n) is 2.99. The number of aryl methyl sites for hydroxylation is 3. The quantitative estimate of drug-likeness (QED) is 0.658. The summed E-state index contributed by atoms with van der Waals surface area (Å²) < 4.78 is 1.40. The maximum atomic E-state index is 11.4. The van der Waals surface area contributed by atoms with Gasteiger partial charge in [0.15, 0.2) is 0 Å². The van der Waals surface area contributed by atoms with E-state index < -0.39 is 0 Å². The van der Waals surface area contributed by atoms with Crippen molar-refractivity contribution in [3.8, 4) is 0 Å². The highest BCUT2D eigenvalue weighted by atomic mass is 16.1. The van der Waals surface area contributed by atoms with Crippen LogP contribution in [0, 0.1) is 6.92 Å². The van der Waals surface area contributed by atoms with Crippen LogP contribution in [0.3, 0.4) is 0 Å². The number of rotatable bonds is 2. The highest BCUT2D eigenvalue weighted by molar-refractivity contribution is 5.12. The lowest BCUT2D eigenvalue weighted by Gasteiger charge is -2.02. The van der Waals surface area contributed by atoms with Gasteiger partial charge in [0.05, 0.1) is 5.69 Å². The summed E-state index contributed by atoms with van der Waals surface area (Å²) in [7, 11) is 1.69. The third-order valence-corrected chi connectivity index (χ3v) is 1.78. The van der Waals surface area contributed by atoms with Gasteiger partial charge in [0, 0.05) is 12.6 Å². The summed E-state index contributed by atoms with van der Waals surface area (Å²) in [6, 6.07) is 1.87. The van der Waals surface area contributed by atoms with Gasteiger partial charge in [-0.1, -0.05) is 13.3 Å². The summed E-state index contributed by atoms with van der Waals surface area (Å²) in [5.41, 5.74) is 1.80. The summed E-state index contributed by atoms with van der Waals surface area (Å²) >= 11 is 0. The van der Waals surface area contributed by atoms with Crippen LogP contribution in [-0.2, 0) is 13.5 Å². The topological polar surface area (TPSA) is 34.9 Å². The van der Waals surface area contributed by atoms with Crippen molar-refractivity contribution >= 4 is 0 Å². The Labute approximate surface area is 72.0 Å². The first-order valence-corrected chi connectivity index (χ1v) is 4.19. The van der Waals surface area contributed by atoms with Gasteiger partial charge < -0.3 is 0 Å². The molecule has 0 radical (unpaired) electrons. The molecule has 1 aromatic heterocycles. The third kappa shape index (κ3) is 1.72. The van der Waals surface area contributed by atoms with Crippen LogP contribution in [0.4, 0.5) is 0 Å². The lowest BCUT2D eigenvalue weighted by molar-refractivity contribution is 0.675. The zero-order valence-electron chi connectivity index (χ0n) is 7.79. The molecular formula is C9H14N2O. The van der Waals surface area contributed by atoms with E-state index >= 15 is 0 Å². The molecule has 0 atom stereocenters. The molecule has 0 aliphatic rings. The Balaban J connectivity index is 3.19. The van der Waals surface area contributed by atoms with E-state index in [-0.39, 0.29) is 5.56 Å². The fourth-order valence-electron chi connectivity index (χ4n) is 1.28. The van der Waals surface area contributed by atoms with E-state index in [0.29, 0.717) is 0 Å². The van der Waals surface area contributed by atoms with Crippen LogP contribution in [0.25, 0.3) is 0 Å². The Morgan fingerprint density at radius 2 is 2.25 bits per heavy atom. The molecular weight excluding hydrogens is 152 g/mol. The molecule has 0 N–H and O–H groups in total.